The second-order valence-corrected chi connectivity index (χ2v) is 0.750. The molecule has 0 saturated heterocycles. The number of hydrogen-bond acceptors (Lipinski definition) is 3. The molecule has 0 saturated carbocycles. The van der Waals surface area contributed by atoms with Crippen LogP contribution in [0.2, 0.25) is 0 Å². The fourth-order valence-corrected chi connectivity index (χ4v) is 0. The van der Waals surface area contributed by atoms with E-state index in [0.717, 1.165) is 0 Å². The molecule has 0 spiro atoms. The van der Waals surface area contributed by atoms with Crippen LogP contribution >= 0.6 is 0 Å². The van der Waals surface area contributed by atoms with Crippen molar-refractivity contribution in [1.82, 2.24) is 0 Å². The number of hydrogen-bond donors (Lipinski definition) is 0. The maximum atomic E-state index is 8.52. The second kappa shape index (κ2) is 4.12. The average Bonchev–Trinajstić information content (AvgIpc) is 0.811. The van der Waals surface area contributed by atoms with Gasteiger partial charge in [0, 0.05) is 9.17 Å². The molecule has 1 radical (unpaired) electrons. The first-order valence-electron chi connectivity index (χ1n) is 0.612. The smallest absolute Gasteiger partial charge is 0.672 e. The Morgan fingerprint density at radius 2 is 1.40 bits per heavy atom. The van der Waals surface area contributed by atoms with Crippen molar-refractivity contribution in [3.8, 4) is 0 Å². The molecule has 0 unspecified atom stereocenters. The maximum Gasteiger partial charge on any atom is 2.00 e. The summed E-state index contributed by atoms with van der Waals surface area (Å²) in [5, 5.41) is 0. The van der Waals surface area contributed by atoms with E-state index in [2.05, 4.69) is 0 Å². The summed E-state index contributed by atoms with van der Waals surface area (Å²) < 4.78 is 8.52. The summed E-state index contributed by atoms with van der Waals surface area (Å²) in [4.78, 5) is 17.0. The molecule has 0 aliphatic rings. The molecule has 0 fully saturated rings. The summed E-state index contributed by atoms with van der Waals surface area (Å²) in [7, 11) is -3.63. The standard InChI is InChI=1S/Co.O3Si/c;1-4(2)3/q+2;-2. The van der Waals surface area contributed by atoms with Crippen LogP contribution in [0, 0.1) is 0 Å². The zero-order valence-electron chi connectivity index (χ0n) is 2.06. The minimum Gasteiger partial charge on any atom is -0.672 e. The summed E-state index contributed by atoms with van der Waals surface area (Å²) in [5.74, 6) is 0. The Hall–Kier alpha value is 0.123. The van der Waals surface area contributed by atoms with E-state index in [1.807, 2.05) is 0 Å². The van der Waals surface area contributed by atoms with Crippen molar-refractivity contribution in [3.63, 3.8) is 0 Å². The Morgan fingerprint density at radius 3 is 1.40 bits per heavy atom. The molecule has 5 heteroatoms. The molecular weight excluding hydrogens is 135 g/mol. The predicted octanol–water partition coefficient (Wildman–Crippen LogP) is -2.88. The molecule has 3 nitrogen and oxygen atoms in total. The van der Waals surface area contributed by atoms with Crippen molar-refractivity contribution in [2.24, 2.45) is 0 Å². The van der Waals surface area contributed by atoms with Gasteiger partial charge in [0.15, 0.2) is 0 Å². The van der Waals surface area contributed by atoms with Crippen LogP contribution in [0.1, 0.15) is 0 Å². The van der Waals surface area contributed by atoms with E-state index < -0.39 is 9.17 Å². The van der Waals surface area contributed by atoms with Gasteiger partial charge in [0.25, 0.3) is 0 Å². The summed E-state index contributed by atoms with van der Waals surface area (Å²) in [6.07, 6.45) is 0. The molecule has 0 bridgehead atoms. The van der Waals surface area contributed by atoms with E-state index >= 15 is 0 Å². The third-order valence-electron chi connectivity index (χ3n) is 0. The molecule has 0 rings (SSSR count). The van der Waals surface area contributed by atoms with E-state index in [4.69, 9.17) is 14.1 Å². The first kappa shape index (κ1) is 8.93. The van der Waals surface area contributed by atoms with Crippen molar-refractivity contribution in [1.29, 1.82) is 0 Å². The third kappa shape index (κ3) is 1220. The van der Waals surface area contributed by atoms with Gasteiger partial charge in [0.05, 0.1) is 0 Å². The van der Waals surface area contributed by atoms with Crippen LogP contribution < -0.4 is 9.59 Å². The summed E-state index contributed by atoms with van der Waals surface area (Å²) in [6, 6.07) is 0. The normalized spacial score (nSPS) is 4.80. The SMILES string of the molecule is O=[Si]([O-])[O-].[Co+2]. The zero-order chi connectivity index (χ0) is 3.58. The first-order chi connectivity index (χ1) is 1.73. The van der Waals surface area contributed by atoms with Gasteiger partial charge in [-0.1, -0.05) is 0 Å². The Bertz CT molecular complexity index is 29.9. The van der Waals surface area contributed by atoms with Crippen molar-refractivity contribution >= 4 is 9.17 Å². The number of rotatable bonds is 0. The van der Waals surface area contributed by atoms with Crippen molar-refractivity contribution < 1.29 is 30.8 Å². The van der Waals surface area contributed by atoms with Crippen molar-refractivity contribution in [2.45, 2.75) is 0 Å². The average molecular weight is 135 g/mol. The summed E-state index contributed by atoms with van der Waals surface area (Å²) in [6.45, 7) is 0. The zero-order valence-corrected chi connectivity index (χ0v) is 4.10. The molecule has 0 aliphatic carbocycles. The topological polar surface area (TPSA) is 63.2 Å². The largest absolute Gasteiger partial charge is 2.00 e. The van der Waals surface area contributed by atoms with Crippen LogP contribution in [-0.2, 0) is 21.2 Å². The molecule has 0 aromatic heterocycles. The van der Waals surface area contributed by atoms with E-state index in [0.29, 0.717) is 0 Å². The molecular formula is CoO3Si. The maximum absolute atomic E-state index is 8.52. The molecule has 0 atom stereocenters. The minimum absolute atomic E-state index is 0. The molecule has 0 heterocycles. The quantitative estimate of drug-likeness (QED) is 0.335. The first-order valence-corrected chi connectivity index (χ1v) is 1.84. The molecule has 5 heavy (non-hydrogen) atoms. The van der Waals surface area contributed by atoms with Gasteiger partial charge in [-0.3, -0.25) is 0 Å². The van der Waals surface area contributed by atoms with E-state index in [-0.39, 0.29) is 16.8 Å². The third-order valence-corrected chi connectivity index (χ3v) is 0. The Morgan fingerprint density at radius 1 is 1.40 bits per heavy atom. The van der Waals surface area contributed by atoms with Gasteiger partial charge in [-0.05, 0) is 0 Å². The van der Waals surface area contributed by atoms with Gasteiger partial charge >= 0.3 is 16.8 Å². The van der Waals surface area contributed by atoms with Gasteiger partial charge in [0.1, 0.15) is 0 Å². The summed E-state index contributed by atoms with van der Waals surface area (Å²) >= 11 is 0. The van der Waals surface area contributed by atoms with Gasteiger partial charge in [-0.25, -0.2) is 0 Å². The molecule has 0 N–H and O–H groups in total. The van der Waals surface area contributed by atoms with Gasteiger partial charge in [0.2, 0.25) is 0 Å². The Kier molecular flexibility index (Phi) is 7.36. The fraction of sp³-hybridized carbons (Fsp3) is 0. The predicted molar refractivity (Wildman–Crippen MR) is 6.44 cm³/mol. The molecule has 0 aromatic rings. The molecule has 0 amide bonds. The van der Waals surface area contributed by atoms with Crippen LogP contribution in [0.5, 0.6) is 0 Å². The van der Waals surface area contributed by atoms with E-state index in [9.17, 15) is 0 Å². The fourth-order valence-electron chi connectivity index (χ4n) is 0. The Balaban J connectivity index is 0. The van der Waals surface area contributed by atoms with E-state index in [1.54, 1.807) is 0 Å². The van der Waals surface area contributed by atoms with Crippen LogP contribution in [0.15, 0.2) is 0 Å². The Labute approximate surface area is 40.7 Å². The van der Waals surface area contributed by atoms with Gasteiger partial charge in [-0.2, -0.15) is 0 Å². The van der Waals surface area contributed by atoms with Crippen molar-refractivity contribution in [3.05, 3.63) is 0 Å². The van der Waals surface area contributed by atoms with Gasteiger partial charge < -0.3 is 14.1 Å². The van der Waals surface area contributed by atoms with Gasteiger partial charge in [-0.15, -0.1) is 0 Å². The molecule has 0 aromatic carbocycles. The second-order valence-electron chi connectivity index (χ2n) is 0.250. The van der Waals surface area contributed by atoms with Crippen LogP contribution in [0.3, 0.4) is 0 Å². The molecule has 0 aliphatic heterocycles. The van der Waals surface area contributed by atoms with Crippen molar-refractivity contribution in [2.75, 3.05) is 0 Å². The molecule has 31 valence electrons. The van der Waals surface area contributed by atoms with E-state index in [1.165, 1.54) is 0 Å². The van der Waals surface area contributed by atoms with Crippen LogP contribution in [0.25, 0.3) is 0 Å². The monoisotopic (exact) mass is 135 g/mol. The van der Waals surface area contributed by atoms with Crippen LogP contribution in [-0.4, -0.2) is 9.17 Å². The summed E-state index contributed by atoms with van der Waals surface area (Å²) in [5.41, 5.74) is 0. The van der Waals surface area contributed by atoms with Crippen LogP contribution in [0.4, 0.5) is 0 Å². The minimum atomic E-state index is -3.63.